The first-order valence-electron chi connectivity index (χ1n) is 7.10. The first-order valence-corrected chi connectivity index (χ1v) is 7.10. The van der Waals surface area contributed by atoms with E-state index in [1.807, 2.05) is 46.0 Å². The molecule has 0 saturated heterocycles. The Hall–Kier alpha value is -1.99. The number of carbonyl (C=O) groups excluding carboxylic acids is 1. The Morgan fingerprint density at radius 2 is 2.00 bits per heavy atom. The van der Waals surface area contributed by atoms with E-state index in [4.69, 9.17) is 4.74 Å². The van der Waals surface area contributed by atoms with Crippen molar-refractivity contribution < 1.29 is 9.53 Å². The molecule has 0 heterocycles. The van der Waals surface area contributed by atoms with E-state index < -0.39 is 11.7 Å². The summed E-state index contributed by atoms with van der Waals surface area (Å²) in [6.45, 7) is 6.79. The molecule has 0 aliphatic carbocycles. The molecule has 0 aliphatic rings. The van der Waals surface area contributed by atoms with E-state index in [-0.39, 0.29) is 0 Å². The fourth-order valence-corrected chi connectivity index (χ4v) is 1.69. The third-order valence-electron chi connectivity index (χ3n) is 2.53. The highest BCUT2D eigenvalue weighted by Crippen LogP contribution is 2.07. The summed E-state index contributed by atoms with van der Waals surface area (Å²) >= 11 is 0. The monoisotopic (exact) mass is 288 g/mol. The Kier molecular flexibility index (Phi) is 6.77. The van der Waals surface area contributed by atoms with E-state index in [9.17, 15) is 4.79 Å². The molecule has 0 saturated carbocycles. The van der Waals surface area contributed by atoms with Gasteiger partial charge < -0.3 is 15.4 Å². The van der Waals surface area contributed by atoms with Crippen LogP contribution in [0.3, 0.4) is 0 Å². The highest BCUT2D eigenvalue weighted by atomic mass is 16.6. The summed E-state index contributed by atoms with van der Waals surface area (Å²) in [6.07, 6.45) is 0.188. The van der Waals surface area contributed by atoms with Gasteiger partial charge >= 0.3 is 6.09 Å². The summed E-state index contributed by atoms with van der Waals surface area (Å²) in [5.74, 6) is 6.21. The van der Waals surface area contributed by atoms with Crippen molar-refractivity contribution in [1.29, 1.82) is 0 Å². The molecule has 4 heteroatoms. The molecular formula is C17H24N2O2. The average Bonchev–Trinajstić information content (AvgIpc) is 2.38. The van der Waals surface area contributed by atoms with Gasteiger partial charge in [0, 0.05) is 25.1 Å². The molecule has 1 amide bonds. The molecule has 0 spiro atoms. The van der Waals surface area contributed by atoms with Crippen molar-refractivity contribution in [2.45, 2.75) is 39.3 Å². The highest BCUT2D eigenvalue weighted by molar-refractivity contribution is 5.67. The summed E-state index contributed by atoms with van der Waals surface area (Å²) in [5.41, 5.74) is 1.72. The van der Waals surface area contributed by atoms with E-state index >= 15 is 0 Å². The Balaban J connectivity index is 2.42. The lowest BCUT2D eigenvalue weighted by Gasteiger charge is -2.19. The lowest BCUT2D eigenvalue weighted by molar-refractivity contribution is 0.0529. The smallest absolute Gasteiger partial charge is 0.407 e. The number of hydrogen-bond donors (Lipinski definition) is 2. The van der Waals surface area contributed by atoms with Crippen LogP contribution in [-0.2, 0) is 11.3 Å². The van der Waals surface area contributed by atoms with Crippen LogP contribution < -0.4 is 10.6 Å². The molecule has 2 N–H and O–H groups in total. The predicted molar refractivity (Wildman–Crippen MR) is 84.9 cm³/mol. The van der Waals surface area contributed by atoms with Crippen LogP contribution in [0, 0.1) is 11.8 Å². The van der Waals surface area contributed by atoms with Crippen LogP contribution in [0.25, 0.3) is 0 Å². The topological polar surface area (TPSA) is 50.4 Å². The summed E-state index contributed by atoms with van der Waals surface area (Å²) in [5, 5.41) is 5.81. The number of amides is 1. The van der Waals surface area contributed by atoms with E-state index in [2.05, 4.69) is 28.5 Å². The van der Waals surface area contributed by atoms with Gasteiger partial charge in [0.1, 0.15) is 5.60 Å². The molecule has 1 aromatic rings. The SMILES string of the molecule is CNCc1ccccc1C#CCCNC(=O)OC(C)(C)C. The zero-order valence-corrected chi connectivity index (χ0v) is 13.2. The summed E-state index contributed by atoms with van der Waals surface area (Å²) in [7, 11) is 1.91. The van der Waals surface area contributed by atoms with Gasteiger partial charge in [0.15, 0.2) is 0 Å². The Morgan fingerprint density at radius 3 is 2.67 bits per heavy atom. The Morgan fingerprint density at radius 1 is 1.29 bits per heavy atom. The molecule has 0 bridgehead atoms. The highest BCUT2D eigenvalue weighted by Gasteiger charge is 2.15. The molecule has 0 atom stereocenters. The van der Waals surface area contributed by atoms with E-state index in [0.717, 1.165) is 12.1 Å². The molecule has 114 valence electrons. The maximum Gasteiger partial charge on any atom is 0.407 e. The lowest BCUT2D eigenvalue weighted by Crippen LogP contribution is -2.32. The third-order valence-corrected chi connectivity index (χ3v) is 2.53. The maximum atomic E-state index is 11.4. The molecule has 0 radical (unpaired) electrons. The second-order valence-electron chi connectivity index (χ2n) is 5.67. The maximum absolute atomic E-state index is 11.4. The second kappa shape index (κ2) is 8.33. The van der Waals surface area contributed by atoms with Crippen LogP contribution in [0.15, 0.2) is 24.3 Å². The van der Waals surface area contributed by atoms with Gasteiger partial charge in [-0.3, -0.25) is 0 Å². The molecule has 0 aromatic heterocycles. The van der Waals surface area contributed by atoms with E-state index in [0.29, 0.717) is 13.0 Å². The first-order chi connectivity index (χ1) is 9.92. The van der Waals surface area contributed by atoms with Crippen molar-refractivity contribution in [2.75, 3.05) is 13.6 Å². The minimum absolute atomic E-state index is 0.403. The molecule has 4 nitrogen and oxygen atoms in total. The number of carbonyl (C=O) groups is 1. The standard InChI is InChI=1S/C17H24N2O2/c1-17(2,3)21-16(20)19-12-8-7-10-14-9-5-6-11-15(14)13-18-4/h5-6,9,11,18H,8,12-13H2,1-4H3,(H,19,20). The quantitative estimate of drug-likeness (QED) is 0.661. The molecule has 1 aromatic carbocycles. The minimum Gasteiger partial charge on any atom is -0.444 e. The number of rotatable bonds is 4. The predicted octanol–water partition coefficient (Wildman–Crippen LogP) is 2.67. The van der Waals surface area contributed by atoms with E-state index in [1.54, 1.807) is 0 Å². The van der Waals surface area contributed by atoms with Crippen molar-refractivity contribution in [3.63, 3.8) is 0 Å². The van der Waals surface area contributed by atoms with Crippen LogP contribution in [-0.4, -0.2) is 25.3 Å². The molecule has 0 fully saturated rings. The van der Waals surface area contributed by atoms with Crippen LogP contribution in [0.4, 0.5) is 4.79 Å². The van der Waals surface area contributed by atoms with Gasteiger partial charge in [-0.2, -0.15) is 0 Å². The fraction of sp³-hybridized carbons (Fsp3) is 0.471. The van der Waals surface area contributed by atoms with Crippen LogP contribution >= 0.6 is 0 Å². The molecule has 0 unspecified atom stereocenters. The van der Waals surface area contributed by atoms with Gasteiger partial charge in [-0.15, -0.1) is 0 Å². The van der Waals surface area contributed by atoms with Crippen LogP contribution in [0.5, 0.6) is 0 Å². The lowest BCUT2D eigenvalue weighted by atomic mass is 10.1. The summed E-state index contributed by atoms with van der Waals surface area (Å²) < 4.78 is 5.15. The summed E-state index contributed by atoms with van der Waals surface area (Å²) in [4.78, 5) is 11.4. The first kappa shape index (κ1) is 17.1. The number of nitrogens with one attached hydrogen (secondary N) is 2. The zero-order valence-electron chi connectivity index (χ0n) is 13.2. The molecular weight excluding hydrogens is 264 g/mol. The van der Waals surface area contributed by atoms with Crippen molar-refractivity contribution in [2.24, 2.45) is 0 Å². The normalized spacial score (nSPS) is 10.5. The summed E-state index contributed by atoms with van der Waals surface area (Å²) in [6, 6.07) is 8.03. The number of ether oxygens (including phenoxy) is 1. The van der Waals surface area contributed by atoms with E-state index in [1.165, 1.54) is 5.56 Å². The van der Waals surface area contributed by atoms with Gasteiger partial charge in [-0.1, -0.05) is 30.0 Å². The molecule has 0 aliphatic heterocycles. The number of alkyl carbamates (subject to hydrolysis) is 1. The molecule has 21 heavy (non-hydrogen) atoms. The van der Waals surface area contributed by atoms with Crippen molar-refractivity contribution >= 4 is 6.09 Å². The van der Waals surface area contributed by atoms with Crippen molar-refractivity contribution in [3.05, 3.63) is 35.4 Å². The largest absolute Gasteiger partial charge is 0.444 e. The van der Waals surface area contributed by atoms with Gasteiger partial charge in [0.25, 0.3) is 0 Å². The second-order valence-corrected chi connectivity index (χ2v) is 5.67. The zero-order chi connectivity index (χ0) is 15.7. The van der Waals surface area contributed by atoms with Crippen LogP contribution in [0.1, 0.15) is 38.3 Å². The van der Waals surface area contributed by atoms with Gasteiger partial charge in [0.05, 0.1) is 0 Å². The molecule has 1 rings (SSSR count). The van der Waals surface area contributed by atoms with Gasteiger partial charge in [0.2, 0.25) is 0 Å². The van der Waals surface area contributed by atoms with Gasteiger partial charge in [-0.05, 0) is 39.4 Å². The van der Waals surface area contributed by atoms with Crippen molar-refractivity contribution in [3.8, 4) is 11.8 Å². The average molecular weight is 288 g/mol. The number of hydrogen-bond acceptors (Lipinski definition) is 3. The Labute approximate surface area is 127 Å². The van der Waals surface area contributed by atoms with Crippen molar-refractivity contribution in [1.82, 2.24) is 10.6 Å². The Bertz CT molecular complexity index is 522. The number of benzene rings is 1. The van der Waals surface area contributed by atoms with Gasteiger partial charge in [-0.25, -0.2) is 4.79 Å². The minimum atomic E-state index is -0.470. The third kappa shape index (κ3) is 7.38. The van der Waals surface area contributed by atoms with Crippen LogP contribution in [0.2, 0.25) is 0 Å². The fourth-order valence-electron chi connectivity index (χ4n) is 1.69.